The third-order valence-electron chi connectivity index (χ3n) is 4.17. The number of rotatable bonds is 4. The molecule has 1 aromatic carbocycles. The van der Waals surface area contributed by atoms with Gasteiger partial charge in [0.1, 0.15) is 0 Å². The monoisotopic (exact) mass is 275 g/mol. The van der Waals surface area contributed by atoms with Crippen molar-refractivity contribution >= 4 is 17.3 Å². The van der Waals surface area contributed by atoms with E-state index in [-0.39, 0.29) is 5.91 Å². The minimum absolute atomic E-state index is 0.107. The van der Waals surface area contributed by atoms with E-state index >= 15 is 0 Å². The number of nitrogens with two attached hydrogens (primary N) is 1. The van der Waals surface area contributed by atoms with Crippen LogP contribution in [0.3, 0.4) is 0 Å². The number of hydrogen-bond donors (Lipinski definition) is 3. The van der Waals surface area contributed by atoms with Gasteiger partial charge in [-0.3, -0.25) is 4.79 Å². The number of anilines is 2. The lowest BCUT2D eigenvalue weighted by atomic mass is 9.82. The van der Waals surface area contributed by atoms with Gasteiger partial charge in [0, 0.05) is 19.2 Å². The Bertz CT molecular complexity index is 473. The minimum Gasteiger partial charge on any atom is -0.397 e. The Kier molecular flexibility index (Phi) is 4.88. The van der Waals surface area contributed by atoms with Crippen LogP contribution in [0.1, 0.15) is 43.0 Å². The molecule has 1 aliphatic rings. The Morgan fingerprint density at radius 2 is 2.20 bits per heavy atom. The van der Waals surface area contributed by atoms with E-state index in [0.29, 0.717) is 11.3 Å². The van der Waals surface area contributed by atoms with Gasteiger partial charge < -0.3 is 16.4 Å². The molecule has 4 N–H and O–H groups in total. The molecule has 0 radical (unpaired) electrons. The average Bonchev–Trinajstić information content (AvgIpc) is 2.45. The van der Waals surface area contributed by atoms with Gasteiger partial charge in [0.2, 0.25) is 0 Å². The van der Waals surface area contributed by atoms with Crippen LogP contribution in [-0.4, -0.2) is 19.5 Å². The van der Waals surface area contributed by atoms with Gasteiger partial charge in [-0.15, -0.1) is 0 Å². The van der Waals surface area contributed by atoms with Gasteiger partial charge in [0.15, 0.2) is 0 Å². The van der Waals surface area contributed by atoms with Gasteiger partial charge in [-0.2, -0.15) is 0 Å². The van der Waals surface area contributed by atoms with E-state index in [4.69, 9.17) is 5.73 Å². The molecule has 1 amide bonds. The fourth-order valence-electron chi connectivity index (χ4n) is 3.01. The Morgan fingerprint density at radius 1 is 1.40 bits per heavy atom. The Morgan fingerprint density at radius 3 is 2.85 bits per heavy atom. The number of nitrogens with one attached hydrogen (secondary N) is 2. The average molecular weight is 275 g/mol. The van der Waals surface area contributed by atoms with Crippen LogP contribution in [0.25, 0.3) is 0 Å². The summed E-state index contributed by atoms with van der Waals surface area (Å²) in [5.74, 6) is 1.46. The molecular formula is C16H25N3O. The maximum absolute atomic E-state index is 11.5. The van der Waals surface area contributed by atoms with Crippen molar-refractivity contribution in [1.29, 1.82) is 0 Å². The minimum atomic E-state index is -0.107. The number of benzene rings is 1. The van der Waals surface area contributed by atoms with E-state index in [0.717, 1.165) is 24.1 Å². The van der Waals surface area contributed by atoms with Crippen molar-refractivity contribution in [2.24, 2.45) is 11.8 Å². The molecule has 0 spiro atoms. The van der Waals surface area contributed by atoms with Gasteiger partial charge >= 0.3 is 0 Å². The summed E-state index contributed by atoms with van der Waals surface area (Å²) in [6.45, 7) is 3.30. The van der Waals surface area contributed by atoms with Crippen LogP contribution in [0, 0.1) is 11.8 Å². The maximum Gasteiger partial charge on any atom is 0.251 e. The molecule has 1 fully saturated rings. The summed E-state index contributed by atoms with van der Waals surface area (Å²) in [4.78, 5) is 11.5. The Hall–Kier alpha value is -1.71. The van der Waals surface area contributed by atoms with E-state index in [9.17, 15) is 4.79 Å². The van der Waals surface area contributed by atoms with Crippen molar-refractivity contribution in [2.45, 2.75) is 32.6 Å². The van der Waals surface area contributed by atoms with Crippen LogP contribution in [-0.2, 0) is 0 Å². The van der Waals surface area contributed by atoms with Crippen molar-refractivity contribution in [1.82, 2.24) is 5.32 Å². The highest BCUT2D eigenvalue weighted by molar-refractivity contribution is 5.95. The lowest BCUT2D eigenvalue weighted by Crippen LogP contribution is -2.21. The van der Waals surface area contributed by atoms with Gasteiger partial charge in [-0.05, 0) is 42.9 Å². The predicted octanol–water partition coefficient (Wildman–Crippen LogP) is 2.87. The molecule has 2 atom stereocenters. The maximum atomic E-state index is 11.5. The molecular weight excluding hydrogens is 250 g/mol. The van der Waals surface area contributed by atoms with E-state index in [1.54, 1.807) is 19.2 Å². The van der Waals surface area contributed by atoms with Crippen LogP contribution < -0.4 is 16.4 Å². The van der Waals surface area contributed by atoms with E-state index in [1.807, 2.05) is 6.07 Å². The molecule has 0 saturated heterocycles. The molecule has 110 valence electrons. The molecule has 20 heavy (non-hydrogen) atoms. The lowest BCUT2D eigenvalue weighted by molar-refractivity contribution is 0.0963. The molecule has 1 aliphatic carbocycles. The first-order valence-corrected chi connectivity index (χ1v) is 7.45. The second-order valence-electron chi connectivity index (χ2n) is 5.90. The number of carbonyl (C=O) groups is 1. The van der Waals surface area contributed by atoms with Crippen molar-refractivity contribution in [3.63, 3.8) is 0 Å². The van der Waals surface area contributed by atoms with Crippen molar-refractivity contribution < 1.29 is 4.79 Å². The molecule has 1 saturated carbocycles. The lowest BCUT2D eigenvalue weighted by Gasteiger charge is -2.27. The smallest absolute Gasteiger partial charge is 0.251 e. The fourth-order valence-corrected chi connectivity index (χ4v) is 3.01. The number of hydrogen-bond acceptors (Lipinski definition) is 3. The number of amides is 1. The van der Waals surface area contributed by atoms with Crippen molar-refractivity contribution in [3.05, 3.63) is 23.8 Å². The molecule has 0 bridgehead atoms. The molecule has 2 unspecified atom stereocenters. The largest absolute Gasteiger partial charge is 0.397 e. The zero-order valence-corrected chi connectivity index (χ0v) is 12.4. The molecule has 4 nitrogen and oxygen atoms in total. The molecule has 2 rings (SSSR count). The summed E-state index contributed by atoms with van der Waals surface area (Å²) in [6, 6.07) is 5.43. The number of nitrogen functional groups attached to an aromatic ring is 1. The zero-order valence-electron chi connectivity index (χ0n) is 12.4. The number of carbonyl (C=O) groups excluding carboxylic acids is 1. The van der Waals surface area contributed by atoms with Gasteiger partial charge in [-0.25, -0.2) is 0 Å². The highest BCUT2D eigenvalue weighted by atomic mass is 16.1. The summed E-state index contributed by atoms with van der Waals surface area (Å²) >= 11 is 0. The summed E-state index contributed by atoms with van der Waals surface area (Å²) in [5.41, 5.74) is 8.17. The fraction of sp³-hybridized carbons (Fsp3) is 0.562. The molecule has 0 aliphatic heterocycles. The van der Waals surface area contributed by atoms with Gasteiger partial charge in [-0.1, -0.05) is 19.8 Å². The van der Waals surface area contributed by atoms with Gasteiger partial charge in [0.05, 0.1) is 11.4 Å². The summed E-state index contributed by atoms with van der Waals surface area (Å²) in [7, 11) is 1.62. The van der Waals surface area contributed by atoms with Crippen LogP contribution in [0.15, 0.2) is 18.2 Å². The Labute approximate surface area is 121 Å². The third kappa shape index (κ3) is 3.65. The third-order valence-corrected chi connectivity index (χ3v) is 4.17. The topological polar surface area (TPSA) is 67.2 Å². The van der Waals surface area contributed by atoms with Gasteiger partial charge in [0.25, 0.3) is 5.91 Å². The first kappa shape index (κ1) is 14.7. The van der Waals surface area contributed by atoms with Crippen molar-refractivity contribution in [3.8, 4) is 0 Å². The molecule has 4 heteroatoms. The first-order chi connectivity index (χ1) is 9.60. The second-order valence-corrected chi connectivity index (χ2v) is 5.90. The summed E-state index contributed by atoms with van der Waals surface area (Å²) in [5, 5.41) is 6.03. The summed E-state index contributed by atoms with van der Waals surface area (Å²) in [6.07, 6.45) is 5.29. The SMILES string of the molecule is CNC(=O)c1ccc(NCC2CCCC(C)C2)c(N)c1. The normalized spacial score (nSPS) is 22.3. The quantitative estimate of drug-likeness (QED) is 0.740. The zero-order chi connectivity index (χ0) is 14.5. The standard InChI is InChI=1S/C16H25N3O/c1-11-4-3-5-12(8-11)10-19-15-7-6-13(9-14(15)17)16(20)18-2/h6-7,9,11-12,19H,3-5,8,10,17H2,1-2H3,(H,18,20). The van der Waals surface area contributed by atoms with Crippen LogP contribution >= 0.6 is 0 Å². The van der Waals surface area contributed by atoms with Crippen molar-refractivity contribution in [2.75, 3.05) is 24.6 Å². The van der Waals surface area contributed by atoms with Crippen LogP contribution in [0.5, 0.6) is 0 Å². The molecule has 0 heterocycles. The molecule has 1 aromatic rings. The highest BCUT2D eigenvalue weighted by Gasteiger charge is 2.18. The Balaban J connectivity index is 1.94. The summed E-state index contributed by atoms with van der Waals surface area (Å²) < 4.78 is 0. The molecule has 0 aromatic heterocycles. The predicted molar refractivity (Wildman–Crippen MR) is 83.9 cm³/mol. The highest BCUT2D eigenvalue weighted by Crippen LogP contribution is 2.29. The second kappa shape index (κ2) is 6.64. The van der Waals surface area contributed by atoms with E-state index in [1.165, 1.54) is 25.7 Å². The van der Waals surface area contributed by atoms with Crippen LogP contribution in [0.2, 0.25) is 0 Å². The van der Waals surface area contributed by atoms with E-state index < -0.39 is 0 Å². The van der Waals surface area contributed by atoms with Crippen LogP contribution in [0.4, 0.5) is 11.4 Å². The van der Waals surface area contributed by atoms with E-state index in [2.05, 4.69) is 17.6 Å². The first-order valence-electron chi connectivity index (χ1n) is 7.45.